The number of carbonyl (C=O) groups excluding carboxylic acids is 1. The number of nitrogens with zero attached hydrogens (tertiary/aromatic N) is 5. The summed E-state index contributed by atoms with van der Waals surface area (Å²) in [5, 5.41) is 10.5. The Morgan fingerprint density at radius 2 is 2.11 bits per heavy atom. The van der Waals surface area contributed by atoms with E-state index in [1.54, 1.807) is 24.4 Å². The monoisotopic (exact) mass is 532 g/mol. The minimum absolute atomic E-state index is 0.0327. The van der Waals surface area contributed by atoms with Crippen LogP contribution < -0.4 is 21.9 Å². The number of nitrogens with two attached hydrogens (primary N) is 1. The highest BCUT2D eigenvalue weighted by Gasteiger charge is 2.35. The molecule has 5 aromatic rings. The van der Waals surface area contributed by atoms with Crippen molar-refractivity contribution in [3.63, 3.8) is 0 Å². The van der Waals surface area contributed by atoms with Crippen LogP contribution in [0.5, 0.6) is 0 Å². The minimum atomic E-state index is -0.729. The van der Waals surface area contributed by atoms with Crippen LogP contribution in [0.2, 0.25) is 0 Å². The number of carbonyl (C=O) groups is 1. The van der Waals surface area contributed by atoms with Crippen LogP contribution in [0.1, 0.15) is 36.0 Å². The summed E-state index contributed by atoms with van der Waals surface area (Å²) >= 11 is 1.52. The van der Waals surface area contributed by atoms with Crippen LogP contribution in [-0.2, 0) is 11.3 Å². The van der Waals surface area contributed by atoms with Crippen molar-refractivity contribution in [3.05, 3.63) is 75.7 Å². The average Bonchev–Trinajstić information content (AvgIpc) is 3.61. The Morgan fingerprint density at radius 3 is 2.95 bits per heavy atom. The van der Waals surface area contributed by atoms with Gasteiger partial charge in [0.25, 0.3) is 17.4 Å². The van der Waals surface area contributed by atoms with E-state index >= 15 is 0 Å². The average molecular weight is 533 g/mol. The number of nitrogens with one attached hydrogen (secondary N) is 2. The lowest BCUT2D eigenvalue weighted by molar-refractivity contribution is -0.124. The Morgan fingerprint density at radius 1 is 1.26 bits per heavy atom. The summed E-state index contributed by atoms with van der Waals surface area (Å²) in [6.07, 6.45) is 3.51. The molecule has 1 amide bonds. The van der Waals surface area contributed by atoms with E-state index in [0.717, 1.165) is 15.0 Å². The highest BCUT2D eigenvalue weighted by atomic mass is 32.1. The fraction of sp³-hybridized carbons (Fsp3) is 0.200. The molecule has 6 rings (SSSR count). The van der Waals surface area contributed by atoms with Crippen molar-refractivity contribution in [1.29, 1.82) is 0 Å². The molecule has 0 bridgehead atoms. The summed E-state index contributed by atoms with van der Waals surface area (Å²) in [4.78, 5) is 40.2. The van der Waals surface area contributed by atoms with Crippen LogP contribution in [0.25, 0.3) is 21.5 Å². The van der Waals surface area contributed by atoms with Gasteiger partial charge in [0.15, 0.2) is 0 Å². The maximum absolute atomic E-state index is 14.1. The zero-order valence-corrected chi connectivity index (χ0v) is 20.8. The minimum Gasteiger partial charge on any atom is -0.384 e. The summed E-state index contributed by atoms with van der Waals surface area (Å²) in [7, 11) is 0. The van der Waals surface area contributed by atoms with Gasteiger partial charge in [0.05, 0.1) is 18.3 Å². The van der Waals surface area contributed by atoms with Gasteiger partial charge >= 0.3 is 0 Å². The highest BCUT2D eigenvalue weighted by molar-refractivity contribution is 7.19. The standard InChI is InChI=1S/C25H21FN8O3S/c1-12-6-18(22(35)30-10-14-7-13-9-28-20(27)8-19(13)38-14)34-21(12)29-11-17(24(34)36)31-25-32-23(37-33-25)15-4-2-3-5-16(15)26/h2-5,7-9,11-12,18H,6,10H2,1H3,(H2,27,28)(H,30,35)(H,31,33)/t12-,18+/m1/s1. The molecule has 0 spiro atoms. The van der Waals surface area contributed by atoms with Gasteiger partial charge < -0.3 is 20.9 Å². The molecule has 38 heavy (non-hydrogen) atoms. The zero-order valence-electron chi connectivity index (χ0n) is 20.0. The summed E-state index contributed by atoms with van der Waals surface area (Å²) < 4.78 is 21.6. The number of aromatic nitrogens is 5. The molecule has 0 fully saturated rings. The molecular weight excluding hydrogens is 511 g/mol. The third kappa shape index (κ3) is 4.26. The second kappa shape index (κ2) is 9.34. The number of rotatable bonds is 6. The Hall–Kier alpha value is -4.65. The van der Waals surface area contributed by atoms with E-state index in [1.165, 1.54) is 34.2 Å². The Bertz CT molecular complexity index is 1750. The molecule has 2 atom stereocenters. The van der Waals surface area contributed by atoms with E-state index in [0.29, 0.717) is 24.6 Å². The number of nitrogen functional groups attached to an aromatic ring is 1. The quantitative estimate of drug-likeness (QED) is 0.297. The van der Waals surface area contributed by atoms with Gasteiger partial charge in [-0.25, -0.2) is 14.4 Å². The first-order valence-corrected chi connectivity index (χ1v) is 12.6. The molecule has 1 aromatic carbocycles. The lowest BCUT2D eigenvalue weighted by Crippen LogP contribution is -2.36. The summed E-state index contributed by atoms with van der Waals surface area (Å²) in [5.41, 5.74) is 5.52. The molecular formula is C25H21FN8O3S. The molecule has 11 nitrogen and oxygen atoms in total. The number of benzene rings is 1. The smallest absolute Gasteiger partial charge is 0.278 e. The molecule has 13 heteroatoms. The second-order valence-corrected chi connectivity index (χ2v) is 10.1. The van der Waals surface area contributed by atoms with Crippen molar-refractivity contribution < 1.29 is 13.7 Å². The summed E-state index contributed by atoms with van der Waals surface area (Å²) in [6, 6.07) is 9.00. The normalized spacial score (nSPS) is 16.5. The lowest BCUT2D eigenvalue weighted by Gasteiger charge is -2.15. The highest BCUT2D eigenvalue weighted by Crippen LogP contribution is 2.34. The molecule has 0 saturated heterocycles. The van der Waals surface area contributed by atoms with Gasteiger partial charge in [0.1, 0.15) is 29.2 Å². The molecule has 0 unspecified atom stereocenters. The number of thiophene rings is 1. The number of hydrogen-bond donors (Lipinski definition) is 3. The lowest BCUT2D eigenvalue weighted by atomic mass is 10.1. The van der Waals surface area contributed by atoms with E-state index < -0.39 is 17.4 Å². The molecule has 1 aliphatic rings. The Labute approximate surface area is 218 Å². The van der Waals surface area contributed by atoms with Gasteiger partial charge in [0, 0.05) is 27.1 Å². The molecule has 0 saturated carbocycles. The third-order valence-corrected chi connectivity index (χ3v) is 7.44. The molecule has 192 valence electrons. The third-order valence-electron chi connectivity index (χ3n) is 6.34. The van der Waals surface area contributed by atoms with Gasteiger partial charge in [-0.15, -0.1) is 11.3 Å². The van der Waals surface area contributed by atoms with E-state index in [2.05, 4.69) is 30.7 Å². The van der Waals surface area contributed by atoms with Gasteiger partial charge in [0.2, 0.25) is 5.91 Å². The topological polar surface area (TPSA) is 154 Å². The molecule has 4 aromatic heterocycles. The Kier molecular flexibility index (Phi) is 5.83. The number of amides is 1. The number of pyridine rings is 1. The van der Waals surface area contributed by atoms with E-state index in [9.17, 15) is 14.0 Å². The fourth-order valence-electron chi connectivity index (χ4n) is 4.52. The van der Waals surface area contributed by atoms with Crippen LogP contribution in [0.3, 0.4) is 0 Å². The van der Waals surface area contributed by atoms with Crippen LogP contribution in [0.15, 0.2) is 58.1 Å². The maximum atomic E-state index is 14.1. The summed E-state index contributed by atoms with van der Waals surface area (Å²) in [6.45, 7) is 2.22. The first kappa shape index (κ1) is 23.7. The predicted octanol–water partition coefficient (Wildman–Crippen LogP) is 3.73. The second-order valence-electron chi connectivity index (χ2n) is 8.96. The van der Waals surface area contributed by atoms with Crippen molar-refractivity contribution in [3.8, 4) is 11.5 Å². The first-order valence-electron chi connectivity index (χ1n) is 11.8. The van der Waals surface area contributed by atoms with Crippen molar-refractivity contribution >= 4 is 44.8 Å². The largest absolute Gasteiger partial charge is 0.384 e. The van der Waals surface area contributed by atoms with E-state index in [1.807, 2.05) is 13.0 Å². The first-order chi connectivity index (χ1) is 18.4. The van der Waals surface area contributed by atoms with Crippen molar-refractivity contribution in [2.45, 2.75) is 31.8 Å². The molecule has 0 radical (unpaired) electrons. The van der Waals surface area contributed by atoms with E-state index in [-0.39, 0.29) is 34.9 Å². The molecule has 4 N–H and O–H groups in total. The number of anilines is 3. The number of halogens is 1. The van der Waals surface area contributed by atoms with Crippen molar-refractivity contribution in [2.75, 3.05) is 11.1 Å². The van der Waals surface area contributed by atoms with Gasteiger partial charge in [-0.2, -0.15) is 4.98 Å². The molecule has 0 aliphatic carbocycles. The van der Waals surface area contributed by atoms with Crippen LogP contribution in [0, 0.1) is 5.82 Å². The number of fused-ring (bicyclic) bond motifs is 2. The van der Waals surface area contributed by atoms with E-state index in [4.69, 9.17) is 10.3 Å². The van der Waals surface area contributed by atoms with Gasteiger partial charge in [-0.3, -0.25) is 14.2 Å². The van der Waals surface area contributed by atoms with Gasteiger partial charge in [-0.05, 0) is 35.8 Å². The van der Waals surface area contributed by atoms with Crippen molar-refractivity contribution in [2.24, 2.45) is 0 Å². The zero-order chi connectivity index (χ0) is 26.4. The SMILES string of the molecule is C[C@@H]1C[C@@H](C(=O)NCc2cc3cnc(N)cc3s2)n2c1ncc(Nc1noc(-c3ccccc3F)n1)c2=O. The molecule has 1 aliphatic heterocycles. The Balaban J connectivity index is 1.21. The maximum Gasteiger partial charge on any atom is 0.278 e. The van der Waals surface area contributed by atoms with Crippen LogP contribution in [0.4, 0.5) is 21.8 Å². The van der Waals surface area contributed by atoms with Crippen LogP contribution >= 0.6 is 11.3 Å². The summed E-state index contributed by atoms with van der Waals surface area (Å²) in [5.74, 6) is -0.00512. The van der Waals surface area contributed by atoms with Gasteiger partial charge in [-0.1, -0.05) is 19.1 Å². The number of hydrogen-bond acceptors (Lipinski definition) is 10. The predicted molar refractivity (Wildman–Crippen MR) is 139 cm³/mol. The van der Waals surface area contributed by atoms with Crippen LogP contribution in [-0.4, -0.2) is 30.6 Å². The van der Waals surface area contributed by atoms with Crippen molar-refractivity contribution in [1.82, 2.24) is 30.0 Å². The fourth-order valence-corrected chi connectivity index (χ4v) is 5.55. The molecule has 5 heterocycles.